The third-order valence-electron chi connectivity index (χ3n) is 3.92. The van der Waals surface area contributed by atoms with E-state index in [1.54, 1.807) is 31.2 Å². The molecule has 0 atom stereocenters. The van der Waals surface area contributed by atoms with Gasteiger partial charge in [-0.3, -0.25) is 14.9 Å². The molecular weight excluding hydrogens is 487 g/mol. The zero-order valence-corrected chi connectivity index (χ0v) is 17.5. The molecule has 3 rings (SSSR count). The number of benzene rings is 2. The van der Waals surface area contributed by atoms with Crippen LogP contribution in [0.1, 0.15) is 11.3 Å². The Hall–Kier alpha value is -3.21. The SMILES string of the molecule is Cc1ccc(-c2ccc(/C=N/NC(=O)CNc3ccc(I)cc3)o2)c([N+](=O)[O-])c1. The van der Waals surface area contributed by atoms with Crippen molar-refractivity contribution in [3.05, 3.63) is 79.6 Å². The van der Waals surface area contributed by atoms with E-state index in [1.165, 1.54) is 12.3 Å². The van der Waals surface area contributed by atoms with Gasteiger partial charge in [-0.25, -0.2) is 5.43 Å². The van der Waals surface area contributed by atoms with Crippen LogP contribution in [0.4, 0.5) is 11.4 Å². The standard InChI is InChI=1S/C20H17IN4O4/c1-13-2-8-17(18(10-13)25(27)28)19-9-7-16(29-19)11-23-24-20(26)12-22-15-5-3-14(21)4-6-15/h2-11,22H,12H2,1H3,(H,24,26)/b23-11+. The average Bonchev–Trinajstić information content (AvgIpc) is 3.16. The largest absolute Gasteiger partial charge is 0.455 e. The third-order valence-corrected chi connectivity index (χ3v) is 4.64. The fraction of sp³-hybridized carbons (Fsp3) is 0.100. The number of nitro benzene ring substituents is 1. The smallest absolute Gasteiger partial charge is 0.280 e. The number of aryl methyl sites for hydroxylation is 1. The highest BCUT2D eigenvalue weighted by molar-refractivity contribution is 14.1. The van der Waals surface area contributed by atoms with Gasteiger partial charge in [0.2, 0.25) is 0 Å². The molecule has 2 aromatic carbocycles. The molecule has 29 heavy (non-hydrogen) atoms. The molecule has 0 aliphatic heterocycles. The van der Waals surface area contributed by atoms with Crippen molar-refractivity contribution < 1.29 is 14.1 Å². The lowest BCUT2D eigenvalue weighted by Gasteiger charge is -2.04. The summed E-state index contributed by atoms with van der Waals surface area (Å²) in [5.74, 6) is 0.395. The Balaban J connectivity index is 1.59. The topological polar surface area (TPSA) is 110 Å². The molecule has 9 heteroatoms. The normalized spacial score (nSPS) is 10.8. The first-order valence-corrected chi connectivity index (χ1v) is 9.67. The molecule has 1 amide bonds. The zero-order valence-electron chi connectivity index (χ0n) is 15.4. The summed E-state index contributed by atoms with van der Waals surface area (Å²) >= 11 is 2.21. The lowest BCUT2D eigenvalue weighted by Crippen LogP contribution is -2.25. The van der Waals surface area contributed by atoms with Gasteiger partial charge in [-0.15, -0.1) is 0 Å². The van der Waals surface area contributed by atoms with Gasteiger partial charge in [-0.05, 0) is 77.5 Å². The van der Waals surface area contributed by atoms with Crippen LogP contribution in [0.3, 0.4) is 0 Å². The molecule has 0 saturated carbocycles. The average molecular weight is 504 g/mol. The molecule has 0 saturated heterocycles. The number of amides is 1. The zero-order chi connectivity index (χ0) is 20.8. The highest BCUT2D eigenvalue weighted by atomic mass is 127. The Bertz CT molecular complexity index is 1060. The van der Waals surface area contributed by atoms with E-state index in [0.29, 0.717) is 17.1 Å². The van der Waals surface area contributed by atoms with Crippen molar-refractivity contribution in [1.82, 2.24) is 5.43 Å². The van der Waals surface area contributed by atoms with Gasteiger partial charge in [0, 0.05) is 15.3 Å². The Labute approximate surface area is 180 Å². The molecule has 0 spiro atoms. The van der Waals surface area contributed by atoms with Gasteiger partial charge < -0.3 is 9.73 Å². The number of hydrogen-bond acceptors (Lipinski definition) is 6. The van der Waals surface area contributed by atoms with E-state index in [1.807, 2.05) is 24.3 Å². The number of nitro groups is 1. The van der Waals surface area contributed by atoms with E-state index in [0.717, 1.165) is 14.8 Å². The van der Waals surface area contributed by atoms with Gasteiger partial charge >= 0.3 is 0 Å². The quantitative estimate of drug-likeness (QED) is 0.216. The van der Waals surface area contributed by atoms with Crippen LogP contribution in [0.25, 0.3) is 11.3 Å². The van der Waals surface area contributed by atoms with Gasteiger partial charge in [0.15, 0.2) is 0 Å². The second-order valence-corrected chi connectivity index (χ2v) is 7.38. The molecule has 1 aromatic heterocycles. The summed E-state index contributed by atoms with van der Waals surface area (Å²) < 4.78 is 6.71. The van der Waals surface area contributed by atoms with Crippen LogP contribution in [0.5, 0.6) is 0 Å². The number of rotatable bonds is 7. The first-order chi connectivity index (χ1) is 13.9. The monoisotopic (exact) mass is 504 g/mol. The van der Waals surface area contributed by atoms with E-state index >= 15 is 0 Å². The lowest BCUT2D eigenvalue weighted by molar-refractivity contribution is -0.384. The van der Waals surface area contributed by atoms with Crippen molar-refractivity contribution in [3.8, 4) is 11.3 Å². The number of halogens is 1. The van der Waals surface area contributed by atoms with Crippen LogP contribution in [0.15, 0.2) is 64.1 Å². The Morgan fingerprint density at radius 3 is 2.69 bits per heavy atom. The number of furan rings is 1. The number of nitrogens with zero attached hydrogens (tertiary/aromatic N) is 2. The summed E-state index contributed by atoms with van der Waals surface area (Å²) in [5.41, 5.74) is 4.37. The maximum Gasteiger partial charge on any atom is 0.280 e. The predicted molar refractivity (Wildman–Crippen MR) is 119 cm³/mol. The van der Waals surface area contributed by atoms with Gasteiger partial charge in [0.05, 0.1) is 23.2 Å². The van der Waals surface area contributed by atoms with E-state index in [4.69, 9.17) is 4.42 Å². The Morgan fingerprint density at radius 1 is 1.21 bits per heavy atom. The maximum absolute atomic E-state index is 11.9. The predicted octanol–water partition coefficient (Wildman–Crippen LogP) is 4.33. The summed E-state index contributed by atoms with van der Waals surface area (Å²) in [6, 6.07) is 15.8. The third kappa shape index (κ3) is 5.64. The summed E-state index contributed by atoms with van der Waals surface area (Å²) in [6.45, 7) is 1.85. The van der Waals surface area contributed by atoms with Gasteiger partial charge in [0.25, 0.3) is 11.6 Å². The van der Waals surface area contributed by atoms with E-state index in [2.05, 4.69) is 38.4 Å². The Morgan fingerprint density at radius 2 is 1.97 bits per heavy atom. The number of hydrogen-bond donors (Lipinski definition) is 2. The molecule has 8 nitrogen and oxygen atoms in total. The maximum atomic E-state index is 11.9. The number of anilines is 1. The molecule has 0 bridgehead atoms. The van der Waals surface area contributed by atoms with Crippen molar-refractivity contribution in [2.75, 3.05) is 11.9 Å². The van der Waals surface area contributed by atoms with Gasteiger partial charge in [-0.2, -0.15) is 5.10 Å². The van der Waals surface area contributed by atoms with E-state index < -0.39 is 4.92 Å². The summed E-state index contributed by atoms with van der Waals surface area (Å²) in [7, 11) is 0. The molecule has 1 heterocycles. The summed E-state index contributed by atoms with van der Waals surface area (Å²) in [5, 5.41) is 18.1. The van der Waals surface area contributed by atoms with Crippen LogP contribution in [-0.2, 0) is 4.79 Å². The highest BCUT2D eigenvalue weighted by Gasteiger charge is 2.18. The Kier molecular flexibility index (Phi) is 6.60. The molecule has 0 aliphatic rings. The van der Waals surface area contributed by atoms with Crippen molar-refractivity contribution in [1.29, 1.82) is 0 Å². The molecule has 3 aromatic rings. The molecule has 2 N–H and O–H groups in total. The number of hydrazone groups is 1. The molecule has 0 aliphatic carbocycles. The number of nitrogens with one attached hydrogen (secondary N) is 2. The minimum atomic E-state index is -0.445. The first-order valence-electron chi connectivity index (χ1n) is 8.59. The highest BCUT2D eigenvalue weighted by Crippen LogP contribution is 2.31. The first kappa shape index (κ1) is 20.5. The van der Waals surface area contributed by atoms with Crippen molar-refractivity contribution in [2.45, 2.75) is 6.92 Å². The molecular formula is C20H17IN4O4. The molecule has 0 fully saturated rings. The van der Waals surface area contributed by atoms with Gasteiger partial charge in [0.1, 0.15) is 11.5 Å². The summed E-state index contributed by atoms with van der Waals surface area (Å²) in [4.78, 5) is 22.7. The number of carbonyl (C=O) groups is 1. The van der Waals surface area contributed by atoms with Gasteiger partial charge in [-0.1, -0.05) is 6.07 Å². The number of carbonyl (C=O) groups excluding carboxylic acids is 1. The minimum Gasteiger partial charge on any atom is -0.455 e. The molecule has 0 unspecified atom stereocenters. The summed E-state index contributed by atoms with van der Waals surface area (Å²) in [6.07, 6.45) is 1.34. The van der Waals surface area contributed by atoms with Crippen molar-refractivity contribution in [2.24, 2.45) is 5.10 Å². The van der Waals surface area contributed by atoms with Crippen molar-refractivity contribution in [3.63, 3.8) is 0 Å². The van der Waals surface area contributed by atoms with Crippen molar-refractivity contribution >= 4 is 46.1 Å². The van der Waals surface area contributed by atoms with E-state index in [9.17, 15) is 14.9 Å². The van der Waals surface area contributed by atoms with Crippen LogP contribution in [-0.4, -0.2) is 23.6 Å². The van der Waals surface area contributed by atoms with Crippen LogP contribution in [0, 0.1) is 20.6 Å². The van der Waals surface area contributed by atoms with Crippen LogP contribution < -0.4 is 10.7 Å². The second-order valence-electron chi connectivity index (χ2n) is 6.13. The van der Waals surface area contributed by atoms with E-state index in [-0.39, 0.29) is 18.1 Å². The second kappa shape index (κ2) is 9.32. The fourth-order valence-corrected chi connectivity index (χ4v) is 2.89. The lowest BCUT2D eigenvalue weighted by atomic mass is 10.1. The van der Waals surface area contributed by atoms with Crippen LogP contribution in [0.2, 0.25) is 0 Å². The van der Waals surface area contributed by atoms with Crippen LogP contribution >= 0.6 is 22.6 Å². The molecule has 148 valence electrons. The molecule has 0 radical (unpaired) electrons. The minimum absolute atomic E-state index is 0.0298. The fourth-order valence-electron chi connectivity index (χ4n) is 2.53.